The molecule has 0 amide bonds. The summed E-state index contributed by atoms with van der Waals surface area (Å²) in [5, 5.41) is 9.37. The fourth-order valence-electron chi connectivity index (χ4n) is 2.68. The van der Waals surface area contributed by atoms with Gasteiger partial charge in [-0.3, -0.25) is 0 Å². The van der Waals surface area contributed by atoms with Gasteiger partial charge in [-0.15, -0.1) is 0 Å². The lowest BCUT2D eigenvalue weighted by Gasteiger charge is -2.15. The largest absolute Gasteiger partial charge is 0.493 e. The van der Waals surface area contributed by atoms with Crippen LogP contribution in [0.5, 0.6) is 23.0 Å². The normalized spacial score (nSPS) is 10.1. The molecule has 2 rings (SSSR count). The molecule has 0 radical (unpaired) electrons. The van der Waals surface area contributed by atoms with E-state index in [1.54, 1.807) is 50.6 Å². The maximum Gasteiger partial charge on any atom is 0.328 e. The molecule has 0 aromatic heterocycles. The number of aliphatic carboxylic acids is 1. The van der Waals surface area contributed by atoms with Gasteiger partial charge in [0.2, 0.25) is 0 Å². The predicted octanol–water partition coefficient (Wildman–Crippen LogP) is 4.02. The molecule has 0 unspecified atom stereocenters. The van der Waals surface area contributed by atoms with Gasteiger partial charge in [0.15, 0.2) is 23.0 Å². The molecule has 2 aromatic rings. The van der Waals surface area contributed by atoms with E-state index < -0.39 is 5.97 Å². The molecule has 2 aromatic carbocycles. The van der Waals surface area contributed by atoms with Crippen molar-refractivity contribution in [3.63, 3.8) is 0 Å². The van der Waals surface area contributed by atoms with Crippen LogP contribution in [0.3, 0.4) is 0 Å². The van der Waals surface area contributed by atoms with E-state index in [2.05, 4.69) is 0 Å². The molecule has 0 spiro atoms. The number of rotatable bonds is 9. The van der Waals surface area contributed by atoms with Crippen LogP contribution in [0.15, 0.2) is 42.5 Å². The molecular weight excluding hydrogens is 348 g/mol. The molecule has 144 valence electrons. The monoisotopic (exact) mass is 372 g/mol. The van der Waals surface area contributed by atoms with Crippen LogP contribution in [-0.4, -0.2) is 38.5 Å². The average molecular weight is 372 g/mol. The van der Waals surface area contributed by atoms with Crippen molar-refractivity contribution in [3.8, 4) is 23.0 Å². The van der Waals surface area contributed by atoms with Gasteiger partial charge in [-0.05, 0) is 54.8 Å². The molecule has 0 saturated heterocycles. The fourth-order valence-corrected chi connectivity index (χ4v) is 2.68. The first-order valence-corrected chi connectivity index (χ1v) is 8.61. The van der Waals surface area contributed by atoms with Crippen molar-refractivity contribution in [1.29, 1.82) is 0 Å². The Kier molecular flexibility index (Phi) is 7.11. The van der Waals surface area contributed by atoms with Gasteiger partial charge >= 0.3 is 5.97 Å². The highest BCUT2D eigenvalue weighted by Crippen LogP contribution is 2.36. The summed E-state index contributed by atoms with van der Waals surface area (Å²) in [6.45, 7) is 4.68. The summed E-state index contributed by atoms with van der Waals surface area (Å²) in [5.41, 5.74) is 1.90. The molecule has 6 nitrogen and oxygen atoms in total. The van der Waals surface area contributed by atoms with Crippen molar-refractivity contribution in [2.24, 2.45) is 0 Å². The lowest BCUT2D eigenvalue weighted by atomic mass is 9.96. The van der Waals surface area contributed by atoms with Gasteiger partial charge in [0.05, 0.1) is 27.4 Å². The number of ether oxygens (including phenoxy) is 4. The highest BCUT2D eigenvalue weighted by atomic mass is 16.5. The van der Waals surface area contributed by atoms with E-state index in [0.29, 0.717) is 52.9 Å². The van der Waals surface area contributed by atoms with Crippen molar-refractivity contribution in [1.82, 2.24) is 0 Å². The second kappa shape index (κ2) is 9.52. The molecular formula is C21H24O6. The summed E-state index contributed by atoms with van der Waals surface area (Å²) in [6, 6.07) is 10.6. The smallest absolute Gasteiger partial charge is 0.328 e. The van der Waals surface area contributed by atoms with Gasteiger partial charge in [-0.1, -0.05) is 12.1 Å². The highest BCUT2D eigenvalue weighted by Gasteiger charge is 2.14. The molecule has 1 N–H and O–H groups in total. The van der Waals surface area contributed by atoms with E-state index in [1.807, 2.05) is 13.8 Å². The van der Waals surface area contributed by atoms with Crippen molar-refractivity contribution in [3.05, 3.63) is 53.6 Å². The predicted molar refractivity (Wildman–Crippen MR) is 103 cm³/mol. The Morgan fingerprint density at radius 1 is 0.852 bits per heavy atom. The third-order valence-electron chi connectivity index (χ3n) is 3.82. The van der Waals surface area contributed by atoms with Crippen LogP contribution < -0.4 is 18.9 Å². The number of hydrogen-bond donors (Lipinski definition) is 1. The Morgan fingerprint density at radius 3 is 1.63 bits per heavy atom. The number of benzene rings is 2. The molecule has 0 aliphatic rings. The van der Waals surface area contributed by atoms with Gasteiger partial charge < -0.3 is 24.1 Å². The van der Waals surface area contributed by atoms with Gasteiger partial charge in [0, 0.05) is 6.08 Å². The second-order valence-electron chi connectivity index (χ2n) is 5.49. The minimum Gasteiger partial charge on any atom is -0.493 e. The first-order chi connectivity index (χ1) is 13.0. The average Bonchev–Trinajstić information content (AvgIpc) is 2.66. The number of methoxy groups -OCH3 is 2. The molecule has 6 heteroatoms. The number of carbonyl (C=O) groups is 1. The van der Waals surface area contributed by atoms with Gasteiger partial charge in [0.25, 0.3) is 0 Å². The van der Waals surface area contributed by atoms with Crippen LogP contribution in [0, 0.1) is 0 Å². The van der Waals surface area contributed by atoms with Crippen molar-refractivity contribution < 1.29 is 28.8 Å². The number of carboxylic acid groups (broad SMARTS) is 1. The topological polar surface area (TPSA) is 74.2 Å². The minimum atomic E-state index is -1.05. The van der Waals surface area contributed by atoms with E-state index in [-0.39, 0.29) is 0 Å². The molecule has 0 bridgehead atoms. The third kappa shape index (κ3) is 4.94. The van der Waals surface area contributed by atoms with E-state index in [4.69, 9.17) is 18.9 Å². The molecule has 0 aliphatic heterocycles. The van der Waals surface area contributed by atoms with Crippen LogP contribution in [0.1, 0.15) is 25.0 Å². The Morgan fingerprint density at radius 2 is 1.30 bits per heavy atom. The zero-order valence-corrected chi connectivity index (χ0v) is 15.9. The third-order valence-corrected chi connectivity index (χ3v) is 3.82. The summed E-state index contributed by atoms with van der Waals surface area (Å²) < 4.78 is 21.8. The zero-order chi connectivity index (χ0) is 19.8. The van der Waals surface area contributed by atoms with Crippen LogP contribution in [0.25, 0.3) is 5.57 Å². The fraction of sp³-hybridized carbons (Fsp3) is 0.286. The van der Waals surface area contributed by atoms with Crippen molar-refractivity contribution >= 4 is 11.5 Å². The standard InChI is InChI=1S/C21H24O6/c1-5-26-19-11-14(7-9-17(19)24-3)16(13-21(22)23)15-8-10-18(25-4)20(12-15)27-6-2/h7-13H,5-6H2,1-4H3,(H,22,23). The van der Waals surface area contributed by atoms with Crippen LogP contribution in [-0.2, 0) is 4.79 Å². The molecule has 0 fully saturated rings. The zero-order valence-electron chi connectivity index (χ0n) is 15.9. The Bertz CT molecular complexity index is 766. The molecule has 0 heterocycles. The molecule has 0 aliphatic carbocycles. The maximum absolute atomic E-state index is 11.4. The van der Waals surface area contributed by atoms with Gasteiger partial charge in [0.1, 0.15) is 0 Å². The van der Waals surface area contributed by atoms with Crippen molar-refractivity contribution in [2.45, 2.75) is 13.8 Å². The molecule has 0 atom stereocenters. The van der Waals surface area contributed by atoms with Crippen LogP contribution in [0.4, 0.5) is 0 Å². The quantitative estimate of drug-likeness (QED) is 0.670. The number of hydrogen-bond acceptors (Lipinski definition) is 5. The van der Waals surface area contributed by atoms with E-state index in [1.165, 1.54) is 0 Å². The summed E-state index contributed by atoms with van der Waals surface area (Å²) in [6.07, 6.45) is 1.16. The minimum absolute atomic E-state index is 0.467. The Balaban J connectivity index is 2.59. The molecule has 0 saturated carbocycles. The van der Waals surface area contributed by atoms with Crippen LogP contribution >= 0.6 is 0 Å². The summed E-state index contributed by atoms with van der Waals surface area (Å²) in [7, 11) is 3.12. The SMILES string of the molecule is CCOc1cc(C(=CC(=O)O)c2ccc(OC)c(OCC)c2)ccc1OC. The Labute approximate surface area is 158 Å². The molecule has 27 heavy (non-hydrogen) atoms. The van der Waals surface area contributed by atoms with Gasteiger partial charge in [-0.2, -0.15) is 0 Å². The first kappa shape index (κ1) is 20.2. The van der Waals surface area contributed by atoms with E-state index >= 15 is 0 Å². The summed E-state index contributed by atoms with van der Waals surface area (Å²) in [5.74, 6) is 1.22. The summed E-state index contributed by atoms with van der Waals surface area (Å²) in [4.78, 5) is 11.4. The first-order valence-electron chi connectivity index (χ1n) is 8.61. The van der Waals surface area contributed by atoms with E-state index in [0.717, 1.165) is 6.08 Å². The van der Waals surface area contributed by atoms with E-state index in [9.17, 15) is 9.90 Å². The maximum atomic E-state index is 11.4. The highest BCUT2D eigenvalue weighted by molar-refractivity contribution is 5.95. The lowest BCUT2D eigenvalue weighted by Crippen LogP contribution is -2.00. The summed E-state index contributed by atoms with van der Waals surface area (Å²) >= 11 is 0. The van der Waals surface area contributed by atoms with Crippen molar-refractivity contribution in [2.75, 3.05) is 27.4 Å². The van der Waals surface area contributed by atoms with Gasteiger partial charge in [-0.25, -0.2) is 4.79 Å². The number of carboxylic acids is 1. The second-order valence-corrected chi connectivity index (χ2v) is 5.49. The lowest BCUT2D eigenvalue weighted by molar-refractivity contribution is -0.131. The Hall–Kier alpha value is -3.15. The van der Waals surface area contributed by atoms with Crippen LogP contribution in [0.2, 0.25) is 0 Å².